The van der Waals surface area contributed by atoms with Crippen LogP contribution in [0.3, 0.4) is 0 Å². The number of anilines is 2. The fourth-order valence-electron chi connectivity index (χ4n) is 2.61. The van der Waals surface area contributed by atoms with E-state index in [0.717, 1.165) is 18.9 Å². The molecule has 4 nitrogen and oxygen atoms in total. The first-order valence-corrected chi connectivity index (χ1v) is 7.95. The average molecular weight is 311 g/mol. The van der Waals surface area contributed by atoms with Gasteiger partial charge in [0.05, 0.1) is 11.4 Å². The molecule has 116 valence electrons. The molecule has 1 fully saturated rings. The third-order valence-electron chi connectivity index (χ3n) is 3.81. The molecule has 0 aliphatic heterocycles. The number of hydrogen-bond acceptors (Lipinski definition) is 3. The third kappa shape index (κ3) is 5.56. The van der Waals surface area contributed by atoms with E-state index in [1.807, 2.05) is 0 Å². The van der Waals surface area contributed by atoms with E-state index in [1.54, 1.807) is 18.2 Å². The van der Waals surface area contributed by atoms with Gasteiger partial charge in [0.1, 0.15) is 0 Å². The van der Waals surface area contributed by atoms with Gasteiger partial charge in [0.15, 0.2) is 0 Å². The number of carbonyl (C=O) groups is 1. The van der Waals surface area contributed by atoms with Gasteiger partial charge in [-0.1, -0.05) is 24.4 Å². The summed E-state index contributed by atoms with van der Waals surface area (Å²) in [6, 6.07) is 5.04. The van der Waals surface area contributed by atoms with Crippen molar-refractivity contribution in [2.24, 2.45) is 5.92 Å². The average Bonchev–Trinajstić information content (AvgIpc) is 2.96. The van der Waals surface area contributed by atoms with Crippen LogP contribution in [0, 0.1) is 5.92 Å². The third-order valence-corrected chi connectivity index (χ3v) is 4.05. The molecule has 0 bridgehead atoms. The predicted molar refractivity (Wildman–Crippen MR) is 86.5 cm³/mol. The second kappa shape index (κ2) is 8.25. The SMILES string of the molecule is Nc1ccc(Cl)cc1NC(=O)CCCOCC1CCCC1. The zero-order valence-corrected chi connectivity index (χ0v) is 13.0. The normalized spacial score (nSPS) is 15.3. The van der Waals surface area contributed by atoms with Crippen molar-refractivity contribution in [3.63, 3.8) is 0 Å². The van der Waals surface area contributed by atoms with Crippen LogP contribution in [0.25, 0.3) is 0 Å². The van der Waals surface area contributed by atoms with Gasteiger partial charge >= 0.3 is 0 Å². The lowest BCUT2D eigenvalue weighted by Gasteiger charge is -2.10. The van der Waals surface area contributed by atoms with Gasteiger partial charge in [0.25, 0.3) is 0 Å². The van der Waals surface area contributed by atoms with E-state index < -0.39 is 0 Å². The van der Waals surface area contributed by atoms with Gasteiger partial charge in [-0.05, 0) is 43.4 Å². The maximum Gasteiger partial charge on any atom is 0.224 e. The Morgan fingerprint density at radius 2 is 2.14 bits per heavy atom. The van der Waals surface area contributed by atoms with E-state index in [0.29, 0.717) is 29.4 Å². The van der Waals surface area contributed by atoms with Crippen LogP contribution in [0.15, 0.2) is 18.2 Å². The number of halogens is 1. The maximum absolute atomic E-state index is 11.8. The molecule has 3 N–H and O–H groups in total. The topological polar surface area (TPSA) is 64.3 Å². The van der Waals surface area contributed by atoms with Crippen molar-refractivity contribution < 1.29 is 9.53 Å². The van der Waals surface area contributed by atoms with Crippen molar-refractivity contribution in [2.75, 3.05) is 24.3 Å². The zero-order valence-electron chi connectivity index (χ0n) is 12.2. The van der Waals surface area contributed by atoms with Gasteiger partial charge in [0, 0.05) is 24.7 Å². The summed E-state index contributed by atoms with van der Waals surface area (Å²) in [5.41, 5.74) is 6.87. The highest BCUT2D eigenvalue weighted by Gasteiger charge is 2.14. The Balaban J connectivity index is 1.62. The predicted octanol–water partition coefficient (Wildman–Crippen LogP) is 3.85. The molecule has 1 aromatic rings. The van der Waals surface area contributed by atoms with Crippen molar-refractivity contribution in [2.45, 2.75) is 38.5 Å². The van der Waals surface area contributed by atoms with Crippen molar-refractivity contribution in [3.8, 4) is 0 Å². The standard InChI is InChI=1S/C16H23ClN2O2/c17-13-7-8-14(18)15(10-13)19-16(20)6-3-9-21-11-12-4-1-2-5-12/h7-8,10,12H,1-6,9,11,18H2,(H,19,20). The molecule has 21 heavy (non-hydrogen) atoms. The molecule has 1 saturated carbocycles. The van der Waals surface area contributed by atoms with Crippen LogP contribution in [-0.2, 0) is 9.53 Å². The summed E-state index contributed by atoms with van der Waals surface area (Å²) in [5, 5.41) is 3.33. The van der Waals surface area contributed by atoms with Gasteiger partial charge in [-0.3, -0.25) is 4.79 Å². The molecular formula is C16H23ClN2O2. The number of nitrogen functional groups attached to an aromatic ring is 1. The fourth-order valence-corrected chi connectivity index (χ4v) is 2.78. The first-order valence-electron chi connectivity index (χ1n) is 7.58. The smallest absolute Gasteiger partial charge is 0.224 e. The molecule has 5 heteroatoms. The second-order valence-electron chi connectivity index (χ2n) is 5.61. The number of nitrogens with one attached hydrogen (secondary N) is 1. The first-order chi connectivity index (χ1) is 10.1. The number of carbonyl (C=O) groups excluding carboxylic acids is 1. The van der Waals surface area contributed by atoms with Gasteiger partial charge in [0.2, 0.25) is 5.91 Å². The summed E-state index contributed by atoms with van der Waals surface area (Å²) in [4.78, 5) is 11.8. The molecule has 1 amide bonds. The molecule has 1 aliphatic carbocycles. The lowest BCUT2D eigenvalue weighted by Crippen LogP contribution is -2.14. The highest BCUT2D eigenvalue weighted by Crippen LogP contribution is 2.25. The largest absolute Gasteiger partial charge is 0.397 e. The van der Waals surface area contributed by atoms with E-state index in [9.17, 15) is 4.79 Å². The summed E-state index contributed by atoms with van der Waals surface area (Å²) in [6.45, 7) is 1.47. The van der Waals surface area contributed by atoms with Gasteiger partial charge in [-0.15, -0.1) is 0 Å². The van der Waals surface area contributed by atoms with E-state index in [-0.39, 0.29) is 5.91 Å². The van der Waals surface area contributed by atoms with E-state index >= 15 is 0 Å². The van der Waals surface area contributed by atoms with Crippen LogP contribution >= 0.6 is 11.6 Å². The summed E-state index contributed by atoms with van der Waals surface area (Å²) >= 11 is 5.88. The molecule has 0 aromatic heterocycles. The molecule has 2 rings (SSSR count). The highest BCUT2D eigenvalue weighted by atomic mass is 35.5. The molecule has 1 aliphatic rings. The number of rotatable bonds is 7. The van der Waals surface area contributed by atoms with Crippen molar-refractivity contribution in [3.05, 3.63) is 23.2 Å². The minimum Gasteiger partial charge on any atom is -0.397 e. The van der Waals surface area contributed by atoms with Crippen LogP contribution in [0.5, 0.6) is 0 Å². The summed E-state index contributed by atoms with van der Waals surface area (Å²) in [6.07, 6.45) is 6.38. The summed E-state index contributed by atoms with van der Waals surface area (Å²) < 4.78 is 5.64. The van der Waals surface area contributed by atoms with Gasteiger partial charge < -0.3 is 15.8 Å². The molecule has 0 heterocycles. The first kappa shape index (κ1) is 16.1. The van der Waals surface area contributed by atoms with Crippen LogP contribution < -0.4 is 11.1 Å². The Hall–Kier alpha value is -1.26. The Kier molecular flexibility index (Phi) is 6.33. The zero-order chi connectivity index (χ0) is 15.1. The minimum atomic E-state index is -0.0616. The Bertz CT molecular complexity index is 473. The van der Waals surface area contributed by atoms with Crippen LogP contribution in [0.1, 0.15) is 38.5 Å². The quantitative estimate of drug-likeness (QED) is 0.594. The monoisotopic (exact) mass is 310 g/mol. The fraction of sp³-hybridized carbons (Fsp3) is 0.562. The number of nitrogens with two attached hydrogens (primary N) is 1. The molecule has 0 radical (unpaired) electrons. The lowest BCUT2D eigenvalue weighted by molar-refractivity contribution is -0.116. The molecule has 0 spiro atoms. The molecular weight excluding hydrogens is 288 g/mol. The van der Waals surface area contributed by atoms with Gasteiger partial charge in [-0.2, -0.15) is 0 Å². The van der Waals surface area contributed by atoms with E-state index in [1.165, 1.54) is 25.7 Å². The molecule has 1 aromatic carbocycles. The minimum absolute atomic E-state index is 0.0616. The number of ether oxygens (including phenoxy) is 1. The number of amides is 1. The van der Waals surface area contributed by atoms with Crippen LogP contribution in [0.4, 0.5) is 11.4 Å². The highest BCUT2D eigenvalue weighted by molar-refractivity contribution is 6.31. The second-order valence-corrected chi connectivity index (χ2v) is 6.05. The Morgan fingerprint density at radius 1 is 1.38 bits per heavy atom. The summed E-state index contributed by atoms with van der Waals surface area (Å²) in [7, 11) is 0. The van der Waals surface area contributed by atoms with Crippen LogP contribution in [0.2, 0.25) is 5.02 Å². The van der Waals surface area contributed by atoms with Crippen LogP contribution in [-0.4, -0.2) is 19.1 Å². The number of benzene rings is 1. The lowest BCUT2D eigenvalue weighted by atomic mass is 10.1. The number of hydrogen-bond donors (Lipinski definition) is 2. The maximum atomic E-state index is 11.8. The van der Waals surface area contributed by atoms with Crippen molar-refractivity contribution in [1.29, 1.82) is 0 Å². The molecule has 0 atom stereocenters. The summed E-state index contributed by atoms with van der Waals surface area (Å²) in [5.74, 6) is 0.665. The van der Waals surface area contributed by atoms with Gasteiger partial charge in [-0.25, -0.2) is 0 Å². The Labute approximate surface area is 131 Å². The van der Waals surface area contributed by atoms with E-state index in [4.69, 9.17) is 22.1 Å². The van der Waals surface area contributed by atoms with Crippen molar-refractivity contribution in [1.82, 2.24) is 0 Å². The van der Waals surface area contributed by atoms with Crippen molar-refractivity contribution >= 4 is 28.9 Å². The Morgan fingerprint density at radius 3 is 2.90 bits per heavy atom. The van der Waals surface area contributed by atoms with E-state index in [2.05, 4.69) is 5.32 Å². The molecule has 0 saturated heterocycles. The molecule has 0 unspecified atom stereocenters.